The molecule has 1 heterocycles. The first-order valence-electron chi connectivity index (χ1n) is 5.14. The third-order valence-electron chi connectivity index (χ3n) is 2.69. The maximum Gasteiger partial charge on any atom is 0.122 e. The van der Waals surface area contributed by atoms with Crippen LogP contribution < -0.4 is 10.5 Å². The maximum absolute atomic E-state index is 6.19. The molecular formula is C13H16ClNOS. The van der Waals surface area contributed by atoms with Crippen LogP contribution in [-0.4, -0.2) is 7.11 Å². The van der Waals surface area contributed by atoms with Gasteiger partial charge < -0.3 is 10.5 Å². The SMILES string of the molecule is COc1cc([C@H](N)c2ccsc2)ccc1C.Cl. The van der Waals surface area contributed by atoms with Crippen LogP contribution in [0.3, 0.4) is 0 Å². The summed E-state index contributed by atoms with van der Waals surface area (Å²) >= 11 is 1.66. The molecule has 2 rings (SSSR count). The minimum Gasteiger partial charge on any atom is -0.496 e. The van der Waals surface area contributed by atoms with Gasteiger partial charge in [0.05, 0.1) is 13.2 Å². The van der Waals surface area contributed by atoms with Gasteiger partial charge >= 0.3 is 0 Å². The average molecular weight is 270 g/mol. The second-order valence-corrected chi connectivity index (χ2v) is 4.54. The summed E-state index contributed by atoms with van der Waals surface area (Å²) in [7, 11) is 1.68. The van der Waals surface area contributed by atoms with Gasteiger partial charge in [-0.1, -0.05) is 12.1 Å². The quantitative estimate of drug-likeness (QED) is 0.925. The fourth-order valence-electron chi connectivity index (χ4n) is 1.67. The molecule has 0 aliphatic carbocycles. The monoisotopic (exact) mass is 269 g/mol. The number of aryl methyl sites for hydroxylation is 1. The Morgan fingerprint density at radius 2 is 2.00 bits per heavy atom. The van der Waals surface area contributed by atoms with Crippen molar-refractivity contribution in [1.82, 2.24) is 0 Å². The largest absolute Gasteiger partial charge is 0.496 e. The minimum absolute atomic E-state index is 0. The first kappa shape index (κ1) is 14.0. The Hall–Kier alpha value is -1.03. The lowest BCUT2D eigenvalue weighted by Gasteiger charge is -2.13. The molecule has 4 heteroatoms. The third-order valence-corrected chi connectivity index (χ3v) is 3.39. The van der Waals surface area contributed by atoms with Crippen LogP contribution in [0.15, 0.2) is 35.0 Å². The first-order valence-corrected chi connectivity index (χ1v) is 6.09. The van der Waals surface area contributed by atoms with Gasteiger partial charge in [-0.15, -0.1) is 12.4 Å². The Morgan fingerprint density at radius 1 is 1.24 bits per heavy atom. The zero-order valence-electron chi connectivity index (χ0n) is 9.84. The highest BCUT2D eigenvalue weighted by Gasteiger charge is 2.10. The van der Waals surface area contributed by atoms with E-state index in [1.54, 1.807) is 18.4 Å². The smallest absolute Gasteiger partial charge is 0.122 e. The molecule has 0 fully saturated rings. The number of rotatable bonds is 3. The van der Waals surface area contributed by atoms with Crippen LogP contribution in [0.2, 0.25) is 0 Å². The number of hydrogen-bond acceptors (Lipinski definition) is 3. The predicted molar refractivity (Wildman–Crippen MR) is 75.3 cm³/mol. The van der Waals surface area contributed by atoms with Gasteiger partial charge in [-0.05, 0) is 46.5 Å². The predicted octanol–water partition coefficient (Wildman–Crippen LogP) is 3.54. The van der Waals surface area contributed by atoms with E-state index >= 15 is 0 Å². The molecule has 0 saturated heterocycles. The van der Waals surface area contributed by atoms with Gasteiger partial charge in [0.2, 0.25) is 0 Å². The van der Waals surface area contributed by atoms with E-state index in [1.807, 2.05) is 24.4 Å². The Labute approximate surface area is 112 Å². The summed E-state index contributed by atoms with van der Waals surface area (Å²) < 4.78 is 5.30. The number of benzene rings is 1. The van der Waals surface area contributed by atoms with E-state index in [2.05, 4.69) is 17.5 Å². The van der Waals surface area contributed by atoms with Crippen molar-refractivity contribution in [2.45, 2.75) is 13.0 Å². The lowest BCUT2D eigenvalue weighted by Crippen LogP contribution is -2.11. The van der Waals surface area contributed by atoms with Crippen molar-refractivity contribution < 1.29 is 4.74 Å². The van der Waals surface area contributed by atoms with Crippen molar-refractivity contribution in [3.63, 3.8) is 0 Å². The van der Waals surface area contributed by atoms with E-state index in [4.69, 9.17) is 10.5 Å². The summed E-state index contributed by atoms with van der Waals surface area (Å²) in [6.07, 6.45) is 0. The average Bonchev–Trinajstić information content (AvgIpc) is 2.82. The first-order chi connectivity index (χ1) is 7.72. The second-order valence-electron chi connectivity index (χ2n) is 3.76. The number of ether oxygens (including phenoxy) is 1. The lowest BCUT2D eigenvalue weighted by atomic mass is 10.0. The molecule has 2 nitrogen and oxygen atoms in total. The molecule has 1 atom stereocenters. The molecule has 0 radical (unpaired) electrons. The van der Waals surface area contributed by atoms with E-state index in [-0.39, 0.29) is 18.4 Å². The zero-order chi connectivity index (χ0) is 11.5. The molecule has 2 aromatic rings. The number of halogens is 1. The van der Waals surface area contributed by atoms with Crippen molar-refractivity contribution in [2.24, 2.45) is 5.73 Å². The van der Waals surface area contributed by atoms with E-state index in [1.165, 1.54) is 0 Å². The maximum atomic E-state index is 6.19. The van der Waals surface area contributed by atoms with Crippen LogP contribution in [0.1, 0.15) is 22.7 Å². The van der Waals surface area contributed by atoms with Gasteiger partial charge in [0, 0.05) is 0 Å². The van der Waals surface area contributed by atoms with Gasteiger partial charge in [0.1, 0.15) is 5.75 Å². The van der Waals surface area contributed by atoms with Crippen molar-refractivity contribution in [2.75, 3.05) is 7.11 Å². The highest BCUT2D eigenvalue weighted by Crippen LogP contribution is 2.26. The number of methoxy groups -OCH3 is 1. The third kappa shape index (κ3) is 3.00. The molecule has 0 amide bonds. The van der Waals surface area contributed by atoms with E-state index in [9.17, 15) is 0 Å². The zero-order valence-corrected chi connectivity index (χ0v) is 11.5. The van der Waals surface area contributed by atoms with Gasteiger partial charge in [-0.2, -0.15) is 11.3 Å². The second kappa shape index (κ2) is 6.05. The molecule has 2 N–H and O–H groups in total. The molecule has 17 heavy (non-hydrogen) atoms. The number of nitrogens with two attached hydrogens (primary N) is 1. The van der Waals surface area contributed by atoms with Gasteiger partial charge in [0.25, 0.3) is 0 Å². The van der Waals surface area contributed by atoms with Gasteiger partial charge in [-0.3, -0.25) is 0 Å². The summed E-state index contributed by atoms with van der Waals surface area (Å²) in [4.78, 5) is 0. The van der Waals surface area contributed by atoms with Crippen LogP contribution in [0.5, 0.6) is 5.75 Å². The van der Waals surface area contributed by atoms with Crippen LogP contribution >= 0.6 is 23.7 Å². The van der Waals surface area contributed by atoms with Crippen LogP contribution in [0, 0.1) is 6.92 Å². The van der Waals surface area contributed by atoms with E-state index in [0.717, 1.165) is 22.4 Å². The summed E-state index contributed by atoms with van der Waals surface area (Å²) in [5.74, 6) is 0.892. The van der Waals surface area contributed by atoms with Gasteiger partial charge in [0.15, 0.2) is 0 Å². The van der Waals surface area contributed by atoms with Crippen LogP contribution in [-0.2, 0) is 0 Å². The standard InChI is InChI=1S/C13H15NOS.ClH/c1-9-3-4-10(7-12(9)15-2)13(14)11-5-6-16-8-11;/h3-8,13H,14H2,1-2H3;1H/t13-;/m0./s1. The highest BCUT2D eigenvalue weighted by molar-refractivity contribution is 7.08. The van der Waals surface area contributed by atoms with Crippen LogP contribution in [0.25, 0.3) is 0 Å². The molecule has 0 saturated carbocycles. The normalized spacial score (nSPS) is 11.7. The molecule has 0 unspecified atom stereocenters. The van der Waals surface area contributed by atoms with Crippen molar-refractivity contribution >= 4 is 23.7 Å². The fourth-order valence-corrected chi connectivity index (χ4v) is 2.37. The molecule has 0 aliphatic rings. The molecule has 92 valence electrons. The summed E-state index contributed by atoms with van der Waals surface area (Å²) in [6.45, 7) is 2.03. The van der Waals surface area contributed by atoms with Crippen LogP contribution in [0.4, 0.5) is 0 Å². The molecule has 0 aliphatic heterocycles. The summed E-state index contributed by atoms with van der Waals surface area (Å²) in [6, 6.07) is 8.10. The molecular weight excluding hydrogens is 254 g/mol. The van der Waals surface area contributed by atoms with Crippen molar-refractivity contribution in [3.05, 3.63) is 51.7 Å². The molecule has 1 aromatic carbocycles. The molecule has 1 aromatic heterocycles. The molecule has 0 spiro atoms. The Morgan fingerprint density at radius 3 is 2.59 bits per heavy atom. The Kier molecular flexibility index (Phi) is 5.00. The minimum atomic E-state index is -0.0688. The topological polar surface area (TPSA) is 35.2 Å². The summed E-state index contributed by atoms with van der Waals surface area (Å²) in [5, 5.41) is 4.12. The fraction of sp³-hybridized carbons (Fsp3) is 0.231. The Balaban J connectivity index is 0.00000144. The van der Waals surface area contributed by atoms with Crippen molar-refractivity contribution in [3.8, 4) is 5.75 Å². The molecule has 0 bridgehead atoms. The van der Waals surface area contributed by atoms with E-state index in [0.29, 0.717) is 0 Å². The number of hydrogen-bond donors (Lipinski definition) is 1. The van der Waals surface area contributed by atoms with Gasteiger partial charge in [-0.25, -0.2) is 0 Å². The highest BCUT2D eigenvalue weighted by atomic mass is 35.5. The lowest BCUT2D eigenvalue weighted by molar-refractivity contribution is 0.411. The Bertz CT molecular complexity index is 470. The number of thiophene rings is 1. The summed E-state index contributed by atoms with van der Waals surface area (Å²) in [5.41, 5.74) is 9.55. The van der Waals surface area contributed by atoms with Crippen molar-refractivity contribution in [1.29, 1.82) is 0 Å². The van der Waals surface area contributed by atoms with E-state index < -0.39 is 0 Å².